The summed E-state index contributed by atoms with van der Waals surface area (Å²) in [7, 11) is 0. The van der Waals surface area contributed by atoms with Gasteiger partial charge in [-0.3, -0.25) is 9.36 Å². The van der Waals surface area contributed by atoms with Crippen molar-refractivity contribution in [1.82, 2.24) is 4.57 Å². The summed E-state index contributed by atoms with van der Waals surface area (Å²) < 4.78 is 37.9. The van der Waals surface area contributed by atoms with E-state index in [0.717, 1.165) is 10.6 Å². The summed E-state index contributed by atoms with van der Waals surface area (Å²) in [5.41, 5.74) is -1.54. The maximum Gasteiger partial charge on any atom is 0.417 e. The van der Waals surface area contributed by atoms with Gasteiger partial charge in [0.15, 0.2) is 0 Å². The molecule has 0 bridgehead atoms. The third-order valence-corrected chi connectivity index (χ3v) is 2.14. The molecule has 0 saturated heterocycles. The van der Waals surface area contributed by atoms with E-state index in [4.69, 9.17) is 5.26 Å². The molecule has 0 amide bonds. The normalized spacial score (nSPS) is 13.2. The molecule has 6 heteroatoms. The summed E-state index contributed by atoms with van der Waals surface area (Å²) in [6.07, 6.45) is -3.55. The van der Waals surface area contributed by atoms with E-state index in [1.807, 2.05) is 0 Å². The van der Waals surface area contributed by atoms with Gasteiger partial charge < -0.3 is 0 Å². The second kappa shape index (κ2) is 4.39. The molecule has 16 heavy (non-hydrogen) atoms. The number of nitrogens with zero attached hydrogens (tertiary/aromatic N) is 2. The zero-order valence-corrected chi connectivity index (χ0v) is 8.45. The number of hydrogen-bond acceptors (Lipinski definition) is 2. The van der Waals surface area contributed by atoms with Crippen molar-refractivity contribution < 1.29 is 13.2 Å². The second-order valence-corrected chi connectivity index (χ2v) is 3.21. The van der Waals surface area contributed by atoms with Gasteiger partial charge >= 0.3 is 6.18 Å². The van der Waals surface area contributed by atoms with E-state index in [1.165, 1.54) is 0 Å². The van der Waals surface area contributed by atoms with Crippen LogP contribution in [0.2, 0.25) is 0 Å². The van der Waals surface area contributed by atoms with Crippen molar-refractivity contribution in [1.29, 1.82) is 5.26 Å². The van der Waals surface area contributed by atoms with Gasteiger partial charge in [-0.05, 0) is 12.5 Å². The number of halogens is 3. The van der Waals surface area contributed by atoms with E-state index < -0.39 is 23.3 Å². The van der Waals surface area contributed by atoms with Crippen LogP contribution in [0.5, 0.6) is 0 Å². The molecule has 0 radical (unpaired) electrons. The number of rotatable bonds is 2. The van der Waals surface area contributed by atoms with Crippen molar-refractivity contribution in [2.24, 2.45) is 0 Å². The molecule has 0 aliphatic rings. The Morgan fingerprint density at radius 3 is 2.56 bits per heavy atom. The minimum atomic E-state index is -4.51. The number of pyridine rings is 1. The Morgan fingerprint density at radius 1 is 1.50 bits per heavy atom. The SMILES string of the molecule is CCC(C#N)n1cc(C(F)(F)F)ccc1=O. The van der Waals surface area contributed by atoms with Crippen molar-refractivity contribution in [2.45, 2.75) is 25.6 Å². The van der Waals surface area contributed by atoms with E-state index in [0.29, 0.717) is 12.3 Å². The van der Waals surface area contributed by atoms with Crippen molar-refractivity contribution >= 4 is 0 Å². The van der Waals surface area contributed by atoms with E-state index in [1.54, 1.807) is 13.0 Å². The lowest BCUT2D eigenvalue weighted by atomic mass is 10.2. The van der Waals surface area contributed by atoms with Gasteiger partial charge in [-0.1, -0.05) is 6.92 Å². The van der Waals surface area contributed by atoms with Gasteiger partial charge in [-0.15, -0.1) is 0 Å². The Balaban J connectivity index is 3.30. The van der Waals surface area contributed by atoms with Crippen molar-refractivity contribution in [2.75, 3.05) is 0 Å². The Labute approximate surface area is 89.7 Å². The number of alkyl halides is 3. The quantitative estimate of drug-likeness (QED) is 0.782. The Hall–Kier alpha value is -1.77. The third-order valence-electron chi connectivity index (χ3n) is 2.14. The monoisotopic (exact) mass is 230 g/mol. The van der Waals surface area contributed by atoms with Crippen LogP contribution in [0.3, 0.4) is 0 Å². The first kappa shape index (κ1) is 12.3. The standard InChI is InChI=1S/C10H9F3N2O/c1-2-8(5-14)15-6-7(10(11,12)13)3-4-9(15)16/h3-4,6,8H,2H2,1H3. The van der Waals surface area contributed by atoms with Crippen LogP contribution in [0.15, 0.2) is 23.1 Å². The van der Waals surface area contributed by atoms with E-state index >= 15 is 0 Å². The maximum atomic E-state index is 12.4. The summed E-state index contributed by atoms with van der Waals surface area (Å²) in [6.45, 7) is 1.63. The van der Waals surface area contributed by atoms with Crippen LogP contribution in [0, 0.1) is 11.3 Å². The molecule has 0 fully saturated rings. The molecular formula is C10H9F3N2O. The summed E-state index contributed by atoms with van der Waals surface area (Å²) in [6, 6.07) is 2.45. The second-order valence-electron chi connectivity index (χ2n) is 3.21. The first-order valence-electron chi connectivity index (χ1n) is 4.59. The molecule has 1 atom stereocenters. The fourth-order valence-electron chi connectivity index (χ4n) is 1.27. The topological polar surface area (TPSA) is 45.8 Å². The first-order valence-corrected chi connectivity index (χ1v) is 4.59. The van der Waals surface area contributed by atoms with Gasteiger partial charge in [0.1, 0.15) is 6.04 Å². The van der Waals surface area contributed by atoms with Gasteiger partial charge in [0.05, 0.1) is 11.6 Å². The van der Waals surface area contributed by atoms with E-state index in [9.17, 15) is 18.0 Å². The smallest absolute Gasteiger partial charge is 0.298 e. The Kier molecular flexibility index (Phi) is 3.38. The van der Waals surface area contributed by atoms with Crippen molar-refractivity contribution in [3.63, 3.8) is 0 Å². The number of aromatic nitrogens is 1. The molecule has 3 nitrogen and oxygen atoms in total. The average Bonchev–Trinajstić information content (AvgIpc) is 2.20. The summed E-state index contributed by atoms with van der Waals surface area (Å²) in [5, 5.41) is 8.71. The molecule has 0 aliphatic carbocycles. The van der Waals surface area contributed by atoms with Crippen LogP contribution < -0.4 is 5.56 Å². The Bertz CT molecular complexity index is 470. The van der Waals surface area contributed by atoms with Crippen molar-refractivity contribution in [3.8, 4) is 6.07 Å². The largest absolute Gasteiger partial charge is 0.417 e. The molecule has 0 saturated carbocycles. The molecule has 1 unspecified atom stereocenters. The van der Waals surface area contributed by atoms with Gasteiger partial charge in [-0.25, -0.2) is 0 Å². The molecular weight excluding hydrogens is 221 g/mol. The zero-order chi connectivity index (χ0) is 12.3. The molecule has 0 spiro atoms. The lowest BCUT2D eigenvalue weighted by Gasteiger charge is -2.13. The molecule has 1 rings (SSSR count). The Morgan fingerprint density at radius 2 is 2.12 bits per heavy atom. The van der Waals surface area contributed by atoms with E-state index in [-0.39, 0.29) is 6.42 Å². The predicted molar refractivity (Wildman–Crippen MR) is 50.6 cm³/mol. The third kappa shape index (κ3) is 2.42. The molecule has 1 aromatic rings. The highest BCUT2D eigenvalue weighted by Crippen LogP contribution is 2.28. The fourth-order valence-corrected chi connectivity index (χ4v) is 1.27. The fraction of sp³-hybridized carbons (Fsp3) is 0.400. The van der Waals surface area contributed by atoms with Crippen LogP contribution in [0.4, 0.5) is 13.2 Å². The van der Waals surface area contributed by atoms with Crippen LogP contribution in [0.1, 0.15) is 24.9 Å². The van der Waals surface area contributed by atoms with Crippen LogP contribution in [-0.2, 0) is 6.18 Å². The minimum absolute atomic E-state index is 0.276. The van der Waals surface area contributed by atoms with Gasteiger partial charge in [0, 0.05) is 12.3 Å². The highest BCUT2D eigenvalue weighted by atomic mass is 19.4. The lowest BCUT2D eigenvalue weighted by molar-refractivity contribution is -0.138. The van der Waals surface area contributed by atoms with Crippen LogP contribution in [-0.4, -0.2) is 4.57 Å². The summed E-state index contributed by atoms with van der Waals surface area (Å²) in [5.74, 6) is 0. The molecule has 1 heterocycles. The molecule has 0 aromatic carbocycles. The number of nitriles is 1. The predicted octanol–water partition coefficient (Wildman–Crippen LogP) is 2.34. The summed E-state index contributed by atoms with van der Waals surface area (Å²) in [4.78, 5) is 11.3. The maximum absolute atomic E-state index is 12.4. The van der Waals surface area contributed by atoms with Crippen LogP contribution >= 0.6 is 0 Å². The summed E-state index contributed by atoms with van der Waals surface area (Å²) >= 11 is 0. The highest BCUT2D eigenvalue weighted by molar-refractivity contribution is 5.15. The van der Waals surface area contributed by atoms with E-state index in [2.05, 4.69) is 0 Å². The minimum Gasteiger partial charge on any atom is -0.298 e. The molecule has 86 valence electrons. The number of hydrogen-bond donors (Lipinski definition) is 0. The van der Waals surface area contributed by atoms with Crippen LogP contribution in [0.25, 0.3) is 0 Å². The molecule has 0 N–H and O–H groups in total. The van der Waals surface area contributed by atoms with Gasteiger partial charge in [0.2, 0.25) is 0 Å². The van der Waals surface area contributed by atoms with Gasteiger partial charge in [0.25, 0.3) is 5.56 Å². The zero-order valence-electron chi connectivity index (χ0n) is 8.45. The lowest BCUT2D eigenvalue weighted by Crippen LogP contribution is -2.24. The first-order chi connectivity index (χ1) is 7.40. The average molecular weight is 230 g/mol. The molecule has 0 aliphatic heterocycles. The van der Waals surface area contributed by atoms with Gasteiger partial charge in [-0.2, -0.15) is 18.4 Å². The van der Waals surface area contributed by atoms with Crippen molar-refractivity contribution in [3.05, 3.63) is 34.2 Å². The molecule has 1 aromatic heterocycles. The highest BCUT2D eigenvalue weighted by Gasteiger charge is 2.31.